The highest BCUT2D eigenvalue weighted by molar-refractivity contribution is 5.95. The molecule has 1 unspecified atom stereocenters. The number of aryl methyl sites for hydroxylation is 2. The van der Waals surface area contributed by atoms with Gasteiger partial charge in [-0.05, 0) is 61.6 Å². The smallest absolute Gasteiger partial charge is 0.399 e. The van der Waals surface area contributed by atoms with Crippen molar-refractivity contribution in [1.29, 1.82) is 0 Å². The Bertz CT molecular complexity index is 818. The van der Waals surface area contributed by atoms with Crippen LogP contribution in [-0.4, -0.2) is 10.9 Å². The largest absolute Gasteiger partial charge is 0.433 e. The average Bonchev–Trinajstić information content (AvgIpc) is 2.53. The molecule has 25 heavy (non-hydrogen) atoms. The maximum atomic E-state index is 12.7. The van der Waals surface area contributed by atoms with Crippen LogP contribution >= 0.6 is 0 Å². The Kier molecular flexibility index (Phi) is 4.41. The lowest BCUT2D eigenvalue weighted by Gasteiger charge is -2.27. The van der Waals surface area contributed by atoms with Gasteiger partial charge in [0.25, 0.3) is 5.91 Å². The number of hydrogen-bond acceptors (Lipinski definition) is 3. The zero-order valence-corrected chi connectivity index (χ0v) is 13.7. The molecule has 0 bridgehead atoms. The van der Waals surface area contributed by atoms with Crippen molar-refractivity contribution in [2.45, 2.75) is 38.4 Å². The minimum Gasteiger partial charge on any atom is -0.399 e. The van der Waals surface area contributed by atoms with Gasteiger partial charge in [-0.1, -0.05) is 6.07 Å². The van der Waals surface area contributed by atoms with Crippen LogP contribution in [0.1, 0.15) is 51.8 Å². The van der Waals surface area contributed by atoms with Crippen molar-refractivity contribution in [3.8, 4) is 0 Å². The third-order valence-electron chi connectivity index (χ3n) is 4.41. The number of anilines is 1. The van der Waals surface area contributed by atoms with Crippen LogP contribution in [-0.2, 0) is 12.6 Å². The minimum absolute atomic E-state index is 0.0562. The Morgan fingerprint density at radius 3 is 2.72 bits per heavy atom. The van der Waals surface area contributed by atoms with E-state index in [4.69, 9.17) is 5.73 Å². The average molecular weight is 349 g/mol. The molecule has 0 radical (unpaired) electrons. The van der Waals surface area contributed by atoms with Gasteiger partial charge in [0.05, 0.1) is 17.3 Å². The third-order valence-corrected chi connectivity index (χ3v) is 4.41. The van der Waals surface area contributed by atoms with E-state index in [1.807, 2.05) is 12.1 Å². The van der Waals surface area contributed by atoms with Gasteiger partial charge in [-0.25, -0.2) is 4.98 Å². The van der Waals surface area contributed by atoms with E-state index in [1.165, 1.54) is 13.0 Å². The molecule has 4 nitrogen and oxygen atoms in total. The summed E-state index contributed by atoms with van der Waals surface area (Å²) in [6, 6.07) is 7.41. The van der Waals surface area contributed by atoms with E-state index in [2.05, 4.69) is 10.3 Å². The Hall–Kier alpha value is -2.57. The van der Waals surface area contributed by atoms with Crippen LogP contribution in [0.3, 0.4) is 0 Å². The van der Waals surface area contributed by atoms with Crippen molar-refractivity contribution in [3.05, 3.63) is 58.4 Å². The molecule has 7 heteroatoms. The zero-order chi connectivity index (χ0) is 18.2. The number of nitrogens with one attached hydrogen (secondary N) is 1. The van der Waals surface area contributed by atoms with E-state index in [0.717, 1.165) is 36.5 Å². The molecule has 1 aromatic carbocycles. The van der Waals surface area contributed by atoms with Crippen LogP contribution in [0.5, 0.6) is 0 Å². The van der Waals surface area contributed by atoms with Crippen LogP contribution < -0.4 is 11.1 Å². The van der Waals surface area contributed by atoms with E-state index >= 15 is 0 Å². The predicted octanol–water partition coefficient (Wildman–Crippen LogP) is 3.80. The maximum Gasteiger partial charge on any atom is 0.433 e. The lowest BCUT2D eigenvalue weighted by Crippen LogP contribution is -2.31. The highest BCUT2D eigenvalue weighted by atomic mass is 19.4. The first kappa shape index (κ1) is 17.3. The molecule has 0 fully saturated rings. The van der Waals surface area contributed by atoms with E-state index < -0.39 is 17.8 Å². The molecular formula is C18H18F3N3O. The van der Waals surface area contributed by atoms with Gasteiger partial charge in [-0.3, -0.25) is 4.79 Å². The number of carbonyl (C=O) groups excluding carboxylic acids is 1. The monoisotopic (exact) mass is 349 g/mol. The lowest BCUT2D eigenvalue weighted by molar-refractivity contribution is -0.141. The third kappa shape index (κ3) is 3.60. The first-order valence-electron chi connectivity index (χ1n) is 7.99. The second kappa shape index (κ2) is 6.38. The summed E-state index contributed by atoms with van der Waals surface area (Å²) in [6.45, 7) is 1.40. The molecule has 1 heterocycles. The standard InChI is InChI=1S/C18H18F3N3O/c1-10-13(7-8-16(23-10)18(19,20)21)17(25)24-15-4-2-3-11-9-12(22)5-6-14(11)15/h5-9,15H,2-4,22H2,1H3,(H,24,25). The number of amides is 1. The lowest BCUT2D eigenvalue weighted by atomic mass is 9.87. The van der Waals surface area contributed by atoms with Gasteiger partial charge in [0.2, 0.25) is 0 Å². The van der Waals surface area contributed by atoms with Crippen LogP contribution in [0.25, 0.3) is 0 Å². The van der Waals surface area contributed by atoms with Crippen molar-refractivity contribution in [3.63, 3.8) is 0 Å². The van der Waals surface area contributed by atoms with Crippen molar-refractivity contribution in [2.24, 2.45) is 0 Å². The van der Waals surface area contributed by atoms with Crippen molar-refractivity contribution >= 4 is 11.6 Å². The Balaban J connectivity index is 1.82. The molecule has 0 saturated carbocycles. The van der Waals surface area contributed by atoms with Crippen LogP contribution in [0.4, 0.5) is 18.9 Å². The van der Waals surface area contributed by atoms with Gasteiger partial charge in [-0.15, -0.1) is 0 Å². The van der Waals surface area contributed by atoms with Crippen molar-refractivity contribution in [2.75, 3.05) is 5.73 Å². The number of halogens is 3. The second-order valence-electron chi connectivity index (χ2n) is 6.20. The molecule has 0 aliphatic heterocycles. The van der Waals surface area contributed by atoms with Gasteiger partial charge < -0.3 is 11.1 Å². The number of benzene rings is 1. The molecule has 1 aliphatic carbocycles. The molecule has 1 atom stereocenters. The highest BCUT2D eigenvalue weighted by Crippen LogP contribution is 2.32. The number of alkyl halides is 3. The van der Waals surface area contributed by atoms with E-state index in [1.54, 1.807) is 6.07 Å². The summed E-state index contributed by atoms with van der Waals surface area (Å²) in [5, 5.41) is 2.91. The molecule has 132 valence electrons. The Morgan fingerprint density at radius 1 is 1.28 bits per heavy atom. The van der Waals surface area contributed by atoms with Gasteiger partial charge in [0.15, 0.2) is 0 Å². The van der Waals surface area contributed by atoms with Crippen molar-refractivity contribution < 1.29 is 18.0 Å². The van der Waals surface area contributed by atoms with Crippen LogP contribution in [0.2, 0.25) is 0 Å². The zero-order valence-electron chi connectivity index (χ0n) is 13.7. The summed E-state index contributed by atoms with van der Waals surface area (Å²) < 4.78 is 38.1. The predicted molar refractivity (Wildman–Crippen MR) is 88.0 cm³/mol. The molecule has 0 spiro atoms. The Labute approximate surface area is 143 Å². The van der Waals surface area contributed by atoms with Crippen LogP contribution in [0.15, 0.2) is 30.3 Å². The number of rotatable bonds is 2. The SMILES string of the molecule is Cc1nc(C(F)(F)F)ccc1C(=O)NC1CCCc2cc(N)ccc21. The number of aromatic nitrogens is 1. The van der Waals surface area contributed by atoms with E-state index in [0.29, 0.717) is 5.69 Å². The van der Waals surface area contributed by atoms with Gasteiger partial charge in [0, 0.05) is 5.69 Å². The maximum absolute atomic E-state index is 12.7. The molecule has 1 amide bonds. The number of hydrogen-bond donors (Lipinski definition) is 2. The number of nitrogens with zero attached hydrogens (tertiary/aromatic N) is 1. The fourth-order valence-corrected chi connectivity index (χ4v) is 3.18. The summed E-state index contributed by atoms with van der Waals surface area (Å²) in [7, 11) is 0. The van der Waals surface area contributed by atoms with Gasteiger partial charge in [0.1, 0.15) is 5.69 Å². The molecule has 0 saturated heterocycles. The molecule has 1 aliphatic rings. The van der Waals surface area contributed by atoms with Crippen LogP contribution in [0, 0.1) is 6.92 Å². The van der Waals surface area contributed by atoms with E-state index in [-0.39, 0.29) is 17.3 Å². The quantitative estimate of drug-likeness (QED) is 0.811. The number of carbonyl (C=O) groups is 1. The topological polar surface area (TPSA) is 68.0 Å². The minimum atomic E-state index is -4.53. The number of nitrogen functional groups attached to an aromatic ring is 1. The van der Waals surface area contributed by atoms with Crippen molar-refractivity contribution in [1.82, 2.24) is 10.3 Å². The summed E-state index contributed by atoms with van der Waals surface area (Å²) in [5.74, 6) is -0.423. The summed E-state index contributed by atoms with van der Waals surface area (Å²) in [5.41, 5.74) is 7.78. The normalized spacial score (nSPS) is 17.0. The Morgan fingerprint density at radius 2 is 2.04 bits per heavy atom. The van der Waals surface area contributed by atoms with E-state index in [9.17, 15) is 18.0 Å². The first-order valence-corrected chi connectivity index (χ1v) is 7.99. The molecule has 3 N–H and O–H groups in total. The first-order chi connectivity index (χ1) is 11.8. The molecule has 2 aromatic rings. The fraction of sp³-hybridized carbons (Fsp3) is 0.333. The van der Waals surface area contributed by atoms with Gasteiger partial charge in [-0.2, -0.15) is 13.2 Å². The molecule has 3 rings (SSSR count). The number of pyridine rings is 1. The number of nitrogens with two attached hydrogens (primary N) is 1. The molecule has 1 aromatic heterocycles. The second-order valence-corrected chi connectivity index (χ2v) is 6.20. The molecular weight excluding hydrogens is 331 g/mol. The fourth-order valence-electron chi connectivity index (χ4n) is 3.18. The number of fused-ring (bicyclic) bond motifs is 1. The summed E-state index contributed by atoms with van der Waals surface area (Å²) in [6.07, 6.45) is -1.95. The summed E-state index contributed by atoms with van der Waals surface area (Å²) >= 11 is 0. The van der Waals surface area contributed by atoms with Gasteiger partial charge >= 0.3 is 6.18 Å². The summed E-state index contributed by atoms with van der Waals surface area (Å²) in [4.78, 5) is 16.0. The highest BCUT2D eigenvalue weighted by Gasteiger charge is 2.33.